The highest BCUT2D eigenvalue weighted by Gasteiger charge is 2.17. The van der Waals surface area contributed by atoms with Crippen LogP contribution in [0, 0.1) is 6.92 Å². The molecule has 1 atom stereocenters. The second-order valence-electron chi connectivity index (χ2n) is 7.74. The second kappa shape index (κ2) is 13.1. The predicted molar refractivity (Wildman–Crippen MR) is 133 cm³/mol. The number of hydrogen-bond acceptors (Lipinski definition) is 7. The van der Waals surface area contributed by atoms with Crippen molar-refractivity contribution in [2.75, 3.05) is 23.8 Å². The molecule has 4 N–H and O–H groups in total. The minimum atomic E-state index is -3.61. The van der Waals surface area contributed by atoms with Crippen LogP contribution >= 0.6 is 15.9 Å². The lowest BCUT2D eigenvalue weighted by atomic mass is 10.2. The Balaban J connectivity index is 2.12. The molecular formula is C22H34BrN5O3S. The first-order valence-corrected chi connectivity index (χ1v) is 13.4. The normalized spacial score (nSPS) is 12.5. The maximum absolute atomic E-state index is 12.8. The summed E-state index contributed by atoms with van der Waals surface area (Å²) in [4.78, 5) is 8.94. The average molecular weight is 529 g/mol. The van der Waals surface area contributed by atoms with Crippen molar-refractivity contribution in [3.63, 3.8) is 0 Å². The number of rotatable bonds is 14. The first-order valence-electron chi connectivity index (χ1n) is 11.1. The van der Waals surface area contributed by atoms with Gasteiger partial charge in [0.25, 0.3) is 0 Å². The number of aliphatic hydroxyl groups excluding tert-OH is 1. The second-order valence-corrected chi connectivity index (χ2v) is 10.3. The summed E-state index contributed by atoms with van der Waals surface area (Å²) < 4.78 is 29.0. The van der Waals surface area contributed by atoms with Crippen LogP contribution in [-0.4, -0.2) is 42.7 Å². The van der Waals surface area contributed by atoms with Gasteiger partial charge in [0.1, 0.15) is 5.82 Å². The molecule has 8 nitrogen and oxygen atoms in total. The fourth-order valence-corrected chi connectivity index (χ4v) is 4.76. The van der Waals surface area contributed by atoms with Crippen LogP contribution in [-0.2, 0) is 10.0 Å². The van der Waals surface area contributed by atoms with Gasteiger partial charge in [0.15, 0.2) is 0 Å². The van der Waals surface area contributed by atoms with Crippen molar-refractivity contribution in [1.82, 2.24) is 14.7 Å². The van der Waals surface area contributed by atoms with Crippen LogP contribution in [0.1, 0.15) is 57.9 Å². The minimum Gasteiger partial charge on any atom is -0.394 e. The molecule has 0 amide bonds. The molecule has 0 unspecified atom stereocenters. The zero-order chi connectivity index (χ0) is 23.6. The van der Waals surface area contributed by atoms with E-state index in [9.17, 15) is 13.5 Å². The lowest BCUT2D eigenvalue weighted by Crippen LogP contribution is -2.25. The summed E-state index contributed by atoms with van der Waals surface area (Å²) in [6.07, 6.45) is 7.64. The topological polar surface area (TPSA) is 116 Å². The van der Waals surface area contributed by atoms with E-state index in [0.717, 1.165) is 32.1 Å². The molecule has 0 saturated heterocycles. The molecule has 1 aromatic heterocycles. The van der Waals surface area contributed by atoms with Crippen LogP contribution in [0.25, 0.3) is 0 Å². The van der Waals surface area contributed by atoms with Crippen molar-refractivity contribution in [1.29, 1.82) is 0 Å². The summed E-state index contributed by atoms with van der Waals surface area (Å²) >= 11 is 3.41. The van der Waals surface area contributed by atoms with E-state index in [-0.39, 0.29) is 17.5 Å². The molecule has 1 heterocycles. The fraction of sp³-hybridized carbons (Fsp3) is 0.545. The Hall–Kier alpha value is -1.75. The van der Waals surface area contributed by atoms with Crippen LogP contribution < -0.4 is 15.4 Å². The number of unbranched alkanes of at least 4 members (excludes halogenated alkanes) is 4. The monoisotopic (exact) mass is 527 g/mol. The predicted octanol–water partition coefficient (Wildman–Crippen LogP) is 4.72. The summed E-state index contributed by atoms with van der Waals surface area (Å²) in [5.41, 5.74) is 1.24. The van der Waals surface area contributed by atoms with Crippen molar-refractivity contribution in [2.24, 2.45) is 0 Å². The number of aliphatic hydroxyl groups is 1. The Morgan fingerprint density at radius 1 is 1.16 bits per heavy atom. The molecule has 0 aliphatic carbocycles. The maximum atomic E-state index is 12.8. The van der Waals surface area contributed by atoms with E-state index in [2.05, 4.69) is 48.2 Å². The van der Waals surface area contributed by atoms with Crippen molar-refractivity contribution >= 4 is 43.4 Å². The number of halogens is 1. The lowest BCUT2D eigenvalue weighted by Gasteiger charge is -2.16. The lowest BCUT2D eigenvalue weighted by molar-refractivity contribution is 0.271. The molecule has 2 aromatic rings. The Morgan fingerprint density at radius 3 is 2.59 bits per heavy atom. The van der Waals surface area contributed by atoms with E-state index in [0.29, 0.717) is 34.0 Å². The molecule has 32 heavy (non-hydrogen) atoms. The van der Waals surface area contributed by atoms with Crippen LogP contribution in [0.15, 0.2) is 33.8 Å². The third-order valence-electron chi connectivity index (χ3n) is 5.10. The molecular weight excluding hydrogens is 494 g/mol. The van der Waals surface area contributed by atoms with Gasteiger partial charge in [-0.05, 0) is 53.4 Å². The van der Waals surface area contributed by atoms with Crippen LogP contribution in [0.2, 0.25) is 0 Å². The Kier molecular flexibility index (Phi) is 10.8. The standard InChI is InChI=1S/C22H34BrN5O3S/c1-4-6-7-8-9-12-25-32(30,31)20-13-18(11-10-16(20)3)27-22-24-14-19(23)21(28-22)26-17(5-2)15-29/h10-11,13-14,17,25,29H,4-9,12,15H2,1-3H3,(H2,24,26,27,28)/t17-/m1/s1. The molecule has 0 bridgehead atoms. The summed E-state index contributed by atoms with van der Waals surface area (Å²) in [6.45, 7) is 6.31. The number of sulfonamides is 1. The van der Waals surface area contributed by atoms with Gasteiger partial charge in [-0.15, -0.1) is 0 Å². The summed E-state index contributed by atoms with van der Waals surface area (Å²) in [5.74, 6) is 0.868. The highest BCUT2D eigenvalue weighted by molar-refractivity contribution is 9.10. The number of nitrogens with one attached hydrogen (secondary N) is 3. The van der Waals surface area contributed by atoms with Gasteiger partial charge in [0.05, 0.1) is 22.0 Å². The van der Waals surface area contributed by atoms with Crippen molar-refractivity contribution in [2.45, 2.75) is 70.2 Å². The zero-order valence-electron chi connectivity index (χ0n) is 19.0. The molecule has 0 radical (unpaired) electrons. The van der Waals surface area contributed by atoms with Gasteiger partial charge >= 0.3 is 0 Å². The summed E-state index contributed by atoms with van der Waals surface area (Å²) in [7, 11) is -3.61. The summed E-state index contributed by atoms with van der Waals surface area (Å²) in [5, 5.41) is 15.7. The first kappa shape index (κ1) is 26.5. The third kappa shape index (κ3) is 7.99. The van der Waals surface area contributed by atoms with E-state index in [1.165, 1.54) is 6.42 Å². The van der Waals surface area contributed by atoms with Crippen LogP contribution in [0.4, 0.5) is 17.5 Å². The van der Waals surface area contributed by atoms with Crippen LogP contribution in [0.3, 0.4) is 0 Å². The Morgan fingerprint density at radius 2 is 1.91 bits per heavy atom. The van der Waals surface area contributed by atoms with Gasteiger partial charge in [-0.25, -0.2) is 18.1 Å². The van der Waals surface area contributed by atoms with Gasteiger partial charge < -0.3 is 15.7 Å². The average Bonchev–Trinajstić information content (AvgIpc) is 2.77. The Labute approximate surface area is 199 Å². The van der Waals surface area contributed by atoms with Gasteiger partial charge in [-0.3, -0.25) is 0 Å². The quantitative estimate of drug-likeness (QED) is 0.262. The molecule has 0 fully saturated rings. The van der Waals surface area contributed by atoms with Gasteiger partial charge in [-0.1, -0.05) is 45.6 Å². The highest BCUT2D eigenvalue weighted by Crippen LogP contribution is 2.25. The van der Waals surface area contributed by atoms with Gasteiger partial charge in [0, 0.05) is 18.4 Å². The SMILES string of the molecule is CCCCCCCNS(=O)(=O)c1cc(Nc2ncc(Br)c(N[C@H](CC)CO)n2)ccc1C. The van der Waals surface area contributed by atoms with Gasteiger partial charge in [-0.2, -0.15) is 4.98 Å². The maximum Gasteiger partial charge on any atom is 0.240 e. The number of aromatic nitrogens is 2. The number of benzene rings is 1. The van der Waals surface area contributed by atoms with E-state index in [4.69, 9.17) is 0 Å². The van der Waals surface area contributed by atoms with Crippen molar-refractivity contribution < 1.29 is 13.5 Å². The smallest absolute Gasteiger partial charge is 0.240 e. The Bertz CT molecular complexity index is 968. The van der Waals surface area contributed by atoms with E-state index in [1.54, 1.807) is 31.3 Å². The highest BCUT2D eigenvalue weighted by atomic mass is 79.9. The van der Waals surface area contributed by atoms with E-state index < -0.39 is 10.0 Å². The molecule has 0 spiro atoms. The largest absolute Gasteiger partial charge is 0.394 e. The molecule has 1 aromatic carbocycles. The van der Waals surface area contributed by atoms with Crippen LogP contribution in [0.5, 0.6) is 0 Å². The minimum absolute atomic E-state index is 0.0134. The number of anilines is 3. The zero-order valence-corrected chi connectivity index (χ0v) is 21.4. The molecule has 2 rings (SSSR count). The van der Waals surface area contributed by atoms with E-state index in [1.807, 2.05) is 6.92 Å². The van der Waals surface area contributed by atoms with E-state index >= 15 is 0 Å². The number of nitrogens with zero attached hydrogens (tertiary/aromatic N) is 2. The molecule has 0 aliphatic rings. The fourth-order valence-electron chi connectivity index (χ4n) is 3.11. The number of aryl methyl sites for hydroxylation is 1. The molecule has 0 aliphatic heterocycles. The molecule has 0 saturated carbocycles. The molecule has 178 valence electrons. The third-order valence-corrected chi connectivity index (χ3v) is 7.29. The molecule has 10 heteroatoms. The number of hydrogen-bond donors (Lipinski definition) is 4. The van der Waals surface area contributed by atoms with Gasteiger partial charge in [0.2, 0.25) is 16.0 Å². The first-order chi connectivity index (χ1) is 15.3. The van der Waals surface area contributed by atoms with Crippen molar-refractivity contribution in [3.05, 3.63) is 34.4 Å². The summed E-state index contributed by atoms with van der Waals surface area (Å²) in [6, 6.07) is 5.02. The van der Waals surface area contributed by atoms with Crippen molar-refractivity contribution in [3.8, 4) is 0 Å².